The van der Waals surface area contributed by atoms with Gasteiger partial charge in [0.1, 0.15) is 4.83 Å². The van der Waals surface area contributed by atoms with Gasteiger partial charge in [0.25, 0.3) is 5.56 Å². The predicted octanol–water partition coefficient (Wildman–Crippen LogP) is 3.65. The fraction of sp³-hybridized carbons (Fsp3) is 0.227. The molecule has 0 saturated heterocycles. The van der Waals surface area contributed by atoms with Crippen LogP contribution in [0.3, 0.4) is 0 Å². The first-order valence-electron chi connectivity index (χ1n) is 9.97. The Labute approximate surface area is 192 Å². The van der Waals surface area contributed by atoms with Gasteiger partial charge in [0.2, 0.25) is 15.9 Å². The zero-order valence-electron chi connectivity index (χ0n) is 17.1. The lowest BCUT2D eigenvalue weighted by molar-refractivity contribution is -0.116. The second kappa shape index (κ2) is 8.02. The van der Waals surface area contributed by atoms with E-state index in [1.165, 1.54) is 34.3 Å². The number of rotatable bonds is 6. The highest BCUT2D eigenvalue weighted by molar-refractivity contribution is 8.00. The summed E-state index contributed by atoms with van der Waals surface area (Å²) in [7, 11) is -3.66. The number of aromatic nitrogens is 2. The molecule has 1 aliphatic carbocycles. The van der Waals surface area contributed by atoms with E-state index >= 15 is 0 Å². The molecule has 0 aliphatic heterocycles. The van der Waals surface area contributed by atoms with Crippen LogP contribution >= 0.6 is 23.1 Å². The Bertz CT molecular complexity index is 1540. The Hall–Kier alpha value is -2.69. The van der Waals surface area contributed by atoms with E-state index in [1.54, 1.807) is 6.07 Å². The number of nitrogens with one attached hydrogen (secondary N) is 1. The van der Waals surface area contributed by atoms with Crippen molar-refractivity contribution < 1.29 is 13.2 Å². The molecule has 4 aromatic rings. The van der Waals surface area contributed by atoms with E-state index in [1.807, 2.05) is 34.4 Å². The number of amides is 1. The number of hydrogen-bond acceptors (Lipinski definition) is 7. The smallest absolute Gasteiger partial charge is 0.267 e. The second-order valence-electron chi connectivity index (χ2n) is 7.75. The van der Waals surface area contributed by atoms with E-state index in [-0.39, 0.29) is 11.3 Å². The van der Waals surface area contributed by atoms with E-state index in [4.69, 9.17) is 0 Å². The van der Waals surface area contributed by atoms with Gasteiger partial charge >= 0.3 is 0 Å². The summed E-state index contributed by atoms with van der Waals surface area (Å²) in [6.07, 6.45) is 3.26. The molecule has 0 spiro atoms. The van der Waals surface area contributed by atoms with Crippen LogP contribution in [-0.4, -0.2) is 35.9 Å². The van der Waals surface area contributed by atoms with E-state index in [2.05, 4.69) is 17.1 Å². The lowest BCUT2D eigenvalue weighted by Gasteiger charge is -2.16. The summed E-state index contributed by atoms with van der Waals surface area (Å²) < 4.78 is 26.2. The average molecular weight is 486 g/mol. The third-order valence-corrected chi connectivity index (χ3v) is 7.63. The summed E-state index contributed by atoms with van der Waals surface area (Å²) in [4.78, 5) is 30.8. The minimum Gasteiger partial charge on any atom is -0.273 e. The van der Waals surface area contributed by atoms with Crippen LogP contribution in [0.25, 0.3) is 26.7 Å². The van der Waals surface area contributed by atoms with Crippen molar-refractivity contribution in [3.05, 3.63) is 63.8 Å². The zero-order valence-corrected chi connectivity index (χ0v) is 19.5. The molecule has 2 heterocycles. The molecule has 7 nitrogen and oxygen atoms in total. The number of carbonyl (C=O) groups is 1. The fourth-order valence-electron chi connectivity index (χ4n) is 3.82. The van der Waals surface area contributed by atoms with Crippen molar-refractivity contribution in [1.82, 2.24) is 14.3 Å². The van der Waals surface area contributed by atoms with E-state index < -0.39 is 15.9 Å². The Balaban J connectivity index is 1.66. The first-order chi connectivity index (χ1) is 15.3. The van der Waals surface area contributed by atoms with Crippen LogP contribution < -0.4 is 10.3 Å². The van der Waals surface area contributed by atoms with Gasteiger partial charge in [-0.3, -0.25) is 18.9 Å². The number of thiophene rings is 1. The molecule has 0 radical (unpaired) electrons. The van der Waals surface area contributed by atoms with Crippen LogP contribution in [0, 0.1) is 0 Å². The molecule has 1 saturated carbocycles. The van der Waals surface area contributed by atoms with Crippen molar-refractivity contribution in [2.24, 2.45) is 0 Å². The first-order valence-corrected chi connectivity index (χ1v) is 13.7. The maximum Gasteiger partial charge on any atom is 0.267 e. The average Bonchev–Trinajstić information content (AvgIpc) is 3.47. The minimum absolute atomic E-state index is 0.186. The zero-order chi connectivity index (χ0) is 22.5. The van der Waals surface area contributed by atoms with Gasteiger partial charge in [0.15, 0.2) is 5.16 Å². The molecule has 32 heavy (non-hydrogen) atoms. The number of sulfonamides is 1. The van der Waals surface area contributed by atoms with E-state index in [9.17, 15) is 18.0 Å². The van der Waals surface area contributed by atoms with Gasteiger partial charge < -0.3 is 0 Å². The standard InChI is InChI=1S/C22H19N3O4S3/c1-32(28,29)24-19(26)12-31-22-23-20-17(10-11-30-20)21(27)25(22)18-9-8-14(13-6-7-13)15-4-2-3-5-16(15)18/h2-5,8-11,13H,6-7,12H2,1H3,(H,24,26). The molecule has 2 aromatic heterocycles. The molecule has 1 fully saturated rings. The lowest BCUT2D eigenvalue weighted by Crippen LogP contribution is -2.31. The quantitative estimate of drug-likeness (QED) is 0.331. The largest absolute Gasteiger partial charge is 0.273 e. The molecule has 1 aliphatic rings. The fourth-order valence-corrected chi connectivity index (χ4v) is 6.01. The highest BCUT2D eigenvalue weighted by atomic mass is 32.2. The van der Waals surface area contributed by atoms with Crippen molar-refractivity contribution in [3.63, 3.8) is 0 Å². The van der Waals surface area contributed by atoms with Crippen molar-refractivity contribution >= 4 is 60.0 Å². The molecule has 0 atom stereocenters. The Morgan fingerprint density at radius 3 is 2.62 bits per heavy atom. The van der Waals surface area contributed by atoms with Gasteiger partial charge in [0.05, 0.1) is 23.1 Å². The van der Waals surface area contributed by atoms with E-state index in [0.29, 0.717) is 27.0 Å². The van der Waals surface area contributed by atoms with Crippen molar-refractivity contribution in [3.8, 4) is 5.69 Å². The van der Waals surface area contributed by atoms with Crippen LogP contribution in [0.2, 0.25) is 0 Å². The predicted molar refractivity (Wildman–Crippen MR) is 128 cm³/mol. The van der Waals surface area contributed by atoms with Crippen LogP contribution in [0.4, 0.5) is 0 Å². The van der Waals surface area contributed by atoms with Crippen LogP contribution in [-0.2, 0) is 14.8 Å². The van der Waals surface area contributed by atoms with Crippen LogP contribution in [0.1, 0.15) is 24.3 Å². The Morgan fingerprint density at radius 1 is 1.16 bits per heavy atom. The minimum atomic E-state index is -3.66. The maximum absolute atomic E-state index is 13.5. The van der Waals surface area contributed by atoms with Crippen LogP contribution in [0.15, 0.2) is 57.8 Å². The van der Waals surface area contributed by atoms with Crippen molar-refractivity contribution in [1.29, 1.82) is 0 Å². The van der Waals surface area contributed by atoms with Gasteiger partial charge in [-0.05, 0) is 47.2 Å². The molecule has 2 aromatic carbocycles. The second-order valence-corrected chi connectivity index (χ2v) is 11.3. The number of nitrogens with zero attached hydrogens (tertiary/aromatic N) is 2. The molecular weight excluding hydrogens is 466 g/mol. The monoisotopic (exact) mass is 485 g/mol. The molecule has 5 rings (SSSR count). The summed E-state index contributed by atoms with van der Waals surface area (Å²) in [5.74, 6) is -0.302. The Kier molecular flexibility index (Phi) is 5.31. The third-order valence-electron chi connectivity index (χ3n) is 5.29. The first kappa shape index (κ1) is 21.2. The number of fused-ring (bicyclic) bond motifs is 2. The lowest BCUT2D eigenvalue weighted by atomic mass is 9.99. The molecule has 164 valence electrons. The molecule has 0 bridgehead atoms. The van der Waals surface area contributed by atoms with Crippen LogP contribution in [0.5, 0.6) is 0 Å². The number of thioether (sulfide) groups is 1. The molecule has 0 unspecified atom stereocenters. The van der Waals surface area contributed by atoms with E-state index in [0.717, 1.165) is 28.8 Å². The number of benzene rings is 2. The number of carbonyl (C=O) groups excluding carboxylic acids is 1. The van der Waals surface area contributed by atoms with Gasteiger partial charge in [-0.15, -0.1) is 11.3 Å². The summed E-state index contributed by atoms with van der Waals surface area (Å²) in [6, 6.07) is 13.8. The third kappa shape index (κ3) is 4.05. The molecule has 1 N–H and O–H groups in total. The summed E-state index contributed by atoms with van der Waals surface area (Å²) in [5.41, 5.74) is 1.76. The normalized spacial score (nSPS) is 14.2. The van der Waals surface area contributed by atoms with Gasteiger partial charge in [0, 0.05) is 5.39 Å². The Morgan fingerprint density at radius 2 is 1.91 bits per heavy atom. The molecule has 10 heteroatoms. The van der Waals surface area contributed by atoms with Gasteiger partial charge in [-0.25, -0.2) is 13.4 Å². The highest BCUT2D eigenvalue weighted by Crippen LogP contribution is 2.44. The topological polar surface area (TPSA) is 98.1 Å². The summed E-state index contributed by atoms with van der Waals surface area (Å²) in [6.45, 7) is 0. The van der Waals surface area contributed by atoms with Gasteiger partial charge in [-0.2, -0.15) is 0 Å². The van der Waals surface area contributed by atoms with Gasteiger partial charge in [-0.1, -0.05) is 42.1 Å². The SMILES string of the molecule is CS(=O)(=O)NC(=O)CSc1nc2sccc2c(=O)n1-c1ccc(C2CC2)c2ccccc12. The maximum atomic E-state index is 13.5. The number of hydrogen-bond donors (Lipinski definition) is 1. The van der Waals surface area contributed by atoms with Crippen molar-refractivity contribution in [2.45, 2.75) is 23.9 Å². The highest BCUT2D eigenvalue weighted by Gasteiger charge is 2.26. The summed E-state index contributed by atoms with van der Waals surface area (Å²) in [5, 5.41) is 4.71. The molecule has 1 amide bonds. The summed E-state index contributed by atoms with van der Waals surface area (Å²) >= 11 is 2.38. The van der Waals surface area contributed by atoms with Crippen molar-refractivity contribution in [2.75, 3.05) is 12.0 Å². The molecular formula is C22H19N3O4S3.